The first-order chi connectivity index (χ1) is 9.66. The summed E-state index contributed by atoms with van der Waals surface area (Å²) in [7, 11) is 0. The summed E-state index contributed by atoms with van der Waals surface area (Å²) in [6.07, 6.45) is 6.09. The molecule has 0 aliphatic rings. The lowest BCUT2D eigenvalue weighted by Crippen LogP contribution is -1.99. The van der Waals surface area contributed by atoms with Crippen LogP contribution in [0, 0.1) is 6.92 Å². The molecule has 1 N–H and O–H groups in total. The SMILES string of the molecule is Cc1cccc(/C=C/C(=O)O)c1OCc1cccnc1. The third-order valence-electron chi connectivity index (χ3n) is 2.75. The number of para-hydroxylation sites is 1. The van der Waals surface area contributed by atoms with Gasteiger partial charge in [-0.1, -0.05) is 24.3 Å². The Morgan fingerprint density at radius 2 is 2.20 bits per heavy atom. The number of hydrogen-bond acceptors (Lipinski definition) is 3. The minimum absolute atomic E-state index is 0.395. The van der Waals surface area contributed by atoms with Crippen molar-refractivity contribution in [1.29, 1.82) is 0 Å². The quantitative estimate of drug-likeness (QED) is 0.847. The summed E-state index contributed by atoms with van der Waals surface area (Å²) in [6.45, 7) is 2.32. The number of carboxylic acid groups (broad SMARTS) is 1. The van der Waals surface area contributed by atoms with Crippen LogP contribution < -0.4 is 4.74 Å². The van der Waals surface area contributed by atoms with E-state index in [1.807, 2.05) is 37.3 Å². The van der Waals surface area contributed by atoms with Gasteiger partial charge in [-0.25, -0.2) is 4.79 Å². The number of aromatic nitrogens is 1. The molecule has 0 bridgehead atoms. The van der Waals surface area contributed by atoms with Gasteiger partial charge in [-0.05, 0) is 24.6 Å². The fourth-order valence-electron chi connectivity index (χ4n) is 1.80. The fourth-order valence-corrected chi connectivity index (χ4v) is 1.80. The second-order valence-corrected chi connectivity index (χ2v) is 4.31. The summed E-state index contributed by atoms with van der Waals surface area (Å²) in [4.78, 5) is 14.6. The first-order valence-corrected chi connectivity index (χ1v) is 6.19. The highest BCUT2D eigenvalue weighted by molar-refractivity contribution is 5.86. The Balaban J connectivity index is 2.19. The molecule has 4 nitrogen and oxygen atoms in total. The van der Waals surface area contributed by atoms with Gasteiger partial charge in [-0.2, -0.15) is 0 Å². The van der Waals surface area contributed by atoms with Crippen molar-refractivity contribution in [3.63, 3.8) is 0 Å². The predicted molar refractivity (Wildman–Crippen MR) is 76.4 cm³/mol. The molecule has 102 valence electrons. The summed E-state index contributed by atoms with van der Waals surface area (Å²) in [5, 5.41) is 8.71. The molecule has 1 aromatic carbocycles. The van der Waals surface area contributed by atoms with Crippen LogP contribution in [0.15, 0.2) is 48.8 Å². The lowest BCUT2D eigenvalue weighted by molar-refractivity contribution is -0.131. The third-order valence-corrected chi connectivity index (χ3v) is 2.75. The molecule has 0 fully saturated rings. The van der Waals surface area contributed by atoms with Gasteiger partial charge < -0.3 is 9.84 Å². The Kier molecular flexibility index (Phi) is 4.50. The van der Waals surface area contributed by atoms with E-state index in [0.717, 1.165) is 22.8 Å². The second-order valence-electron chi connectivity index (χ2n) is 4.31. The highest BCUT2D eigenvalue weighted by atomic mass is 16.5. The van der Waals surface area contributed by atoms with Crippen molar-refractivity contribution in [3.8, 4) is 5.75 Å². The number of aryl methyl sites for hydroxylation is 1. The molecule has 20 heavy (non-hydrogen) atoms. The van der Waals surface area contributed by atoms with Crippen molar-refractivity contribution >= 4 is 12.0 Å². The number of benzene rings is 1. The number of carbonyl (C=O) groups is 1. The van der Waals surface area contributed by atoms with E-state index in [1.54, 1.807) is 12.4 Å². The first kappa shape index (κ1) is 13.8. The van der Waals surface area contributed by atoms with E-state index in [0.29, 0.717) is 12.4 Å². The molecule has 1 aromatic heterocycles. The number of hydrogen-bond donors (Lipinski definition) is 1. The molecule has 2 aromatic rings. The van der Waals surface area contributed by atoms with Gasteiger partial charge in [0.05, 0.1) is 0 Å². The zero-order valence-corrected chi connectivity index (χ0v) is 11.1. The van der Waals surface area contributed by atoms with Gasteiger partial charge in [0.25, 0.3) is 0 Å². The highest BCUT2D eigenvalue weighted by Gasteiger charge is 2.05. The van der Waals surface area contributed by atoms with Gasteiger partial charge in [0.15, 0.2) is 0 Å². The Hall–Kier alpha value is -2.62. The van der Waals surface area contributed by atoms with Crippen LogP contribution in [0.25, 0.3) is 6.08 Å². The van der Waals surface area contributed by atoms with Gasteiger partial charge >= 0.3 is 5.97 Å². The molecule has 0 saturated heterocycles. The first-order valence-electron chi connectivity index (χ1n) is 6.19. The molecule has 0 spiro atoms. The van der Waals surface area contributed by atoms with E-state index in [-0.39, 0.29) is 0 Å². The summed E-state index contributed by atoms with van der Waals surface area (Å²) in [5.41, 5.74) is 2.67. The second kappa shape index (κ2) is 6.52. The zero-order chi connectivity index (χ0) is 14.4. The molecule has 1 heterocycles. The van der Waals surface area contributed by atoms with Gasteiger partial charge in [-0.3, -0.25) is 4.98 Å². The summed E-state index contributed by atoms with van der Waals surface area (Å²) in [6, 6.07) is 9.40. The average Bonchev–Trinajstić information content (AvgIpc) is 2.45. The van der Waals surface area contributed by atoms with Crippen molar-refractivity contribution in [2.45, 2.75) is 13.5 Å². The highest BCUT2D eigenvalue weighted by Crippen LogP contribution is 2.25. The smallest absolute Gasteiger partial charge is 0.328 e. The number of pyridine rings is 1. The molecular formula is C16H15NO3. The lowest BCUT2D eigenvalue weighted by atomic mass is 10.1. The van der Waals surface area contributed by atoms with E-state index in [1.165, 1.54) is 6.08 Å². The third kappa shape index (κ3) is 3.68. The van der Waals surface area contributed by atoms with Crippen LogP contribution in [-0.2, 0) is 11.4 Å². The Bertz CT molecular complexity index is 621. The maximum absolute atomic E-state index is 10.6. The van der Waals surface area contributed by atoms with E-state index < -0.39 is 5.97 Å². The van der Waals surface area contributed by atoms with Crippen molar-refractivity contribution in [2.75, 3.05) is 0 Å². The van der Waals surface area contributed by atoms with Crippen LogP contribution in [0.3, 0.4) is 0 Å². The van der Waals surface area contributed by atoms with E-state index in [2.05, 4.69) is 4.98 Å². The number of aliphatic carboxylic acids is 1. The van der Waals surface area contributed by atoms with E-state index in [4.69, 9.17) is 9.84 Å². The summed E-state index contributed by atoms with van der Waals surface area (Å²) in [5.74, 6) is -0.293. The van der Waals surface area contributed by atoms with Crippen LogP contribution in [0.1, 0.15) is 16.7 Å². The average molecular weight is 269 g/mol. The molecule has 0 unspecified atom stereocenters. The molecule has 0 saturated carbocycles. The lowest BCUT2D eigenvalue weighted by Gasteiger charge is -2.12. The minimum atomic E-state index is -0.982. The molecular weight excluding hydrogens is 254 g/mol. The molecule has 0 atom stereocenters. The minimum Gasteiger partial charge on any atom is -0.488 e. The fraction of sp³-hybridized carbons (Fsp3) is 0.125. The summed E-state index contributed by atoms with van der Waals surface area (Å²) < 4.78 is 5.80. The zero-order valence-electron chi connectivity index (χ0n) is 11.1. The monoisotopic (exact) mass is 269 g/mol. The van der Waals surface area contributed by atoms with Gasteiger partial charge in [0, 0.05) is 29.6 Å². The molecule has 0 aliphatic heterocycles. The topological polar surface area (TPSA) is 59.4 Å². The summed E-state index contributed by atoms with van der Waals surface area (Å²) >= 11 is 0. The number of carboxylic acids is 1. The van der Waals surface area contributed by atoms with Gasteiger partial charge in [-0.15, -0.1) is 0 Å². The molecule has 0 radical (unpaired) electrons. The Morgan fingerprint density at radius 1 is 1.35 bits per heavy atom. The standard InChI is InChI=1S/C16H15NO3/c1-12-4-2-6-14(7-8-15(18)19)16(12)20-11-13-5-3-9-17-10-13/h2-10H,11H2,1H3,(H,18,19)/b8-7+. The van der Waals surface area contributed by atoms with E-state index >= 15 is 0 Å². The Morgan fingerprint density at radius 3 is 2.90 bits per heavy atom. The molecule has 2 rings (SSSR count). The molecule has 0 aliphatic carbocycles. The maximum atomic E-state index is 10.6. The number of nitrogens with zero attached hydrogens (tertiary/aromatic N) is 1. The molecule has 0 amide bonds. The predicted octanol–water partition coefficient (Wildman–Crippen LogP) is 3.07. The van der Waals surface area contributed by atoms with Crippen molar-refractivity contribution in [1.82, 2.24) is 4.98 Å². The van der Waals surface area contributed by atoms with Crippen molar-refractivity contribution < 1.29 is 14.6 Å². The van der Waals surface area contributed by atoms with Gasteiger partial charge in [0.1, 0.15) is 12.4 Å². The van der Waals surface area contributed by atoms with Crippen LogP contribution >= 0.6 is 0 Å². The van der Waals surface area contributed by atoms with Crippen LogP contribution in [0.4, 0.5) is 0 Å². The normalized spacial score (nSPS) is 10.7. The number of rotatable bonds is 5. The number of ether oxygens (including phenoxy) is 1. The van der Waals surface area contributed by atoms with Crippen LogP contribution in [0.5, 0.6) is 5.75 Å². The maximum Gasteiger partial charge on any atom is 0.328 e. The van der Waals surface area contributed by atoms with Crippen LogP contribution in [0.2, 0.25) is 0 Å². The van der Waals surface area contributed by atoms with Crippen molar-refractivity contribution in [2.24, 2.45) is 0 Å². The van der Waals surface area contributed by atoms with E-state index in [9.17, 15) is 4.79 Å². The van der Waals surface area contributed by atoms with Crippen molar-refractivity contribution in [3.05, 3.63) is 65.5 Å². The molecule has 4 heteroatoms. The van der Waals surface area contributed by atoms with Crippen LogP contribution in [-0.4, -0.2) is 16.1 Å². The largest absolute Gasteiger partial charge is 0.488 e. The Labute approximate surface area is 117 Å². The van der Waals surface area contributed by atoms with Gasteiger partial charge in [0.2, 0.25) is 0 Å².